The molecule has 3 heterocycles. The first-order valence-corrected chi connectivity index (χ1v) is 16.3. The van der Waals surface area contributed by atoms with Crippen molar-refractivity contribution >= 4 is 52.6 Å². The number of carbonyl (C=O) groups excluding carboxylic acids is 1. The van der Waals surface area contributed by atoms with E-state index in [0.717, 1.165) is 31.5 Å². The van der Waals surface area contributed by atoms with Gasteiger partial charge in [0.15, 0.2) is 28.3 Å². The molecule has 1 aliphatic heterocycles. The third-order valence-corrected chi connectivity index (χ3v) is 8.42. The lowest BCUT2D eigenvalue weighted by atomic mass is 10.2. The number of hydrogen-bond donors (Lipinski definition) is 4. The van der Waals surface area contributed by atoms with Crippen molar-refractivity contribution in [3.8, 4) is 11.5 Å². The molecule has 5 rings (SSSR count). The zero-order valence-corrected chi connectivity index (χ0v) is 25.8. The molecule has 2 aromatic heterocycles. The van der Waals surface area contributed by atoms with Crippen LogP contribution < -0.4 is 20.1 Å². The van der Waals surface area contributed by atoms with Crippen molar-refractivity contribution in [2.24, 2.45) is 0 Å². The van der Waals surface area contributed by atoms with Crippen LogP contribution in [0.4, 0.5) is 25.4 Å². The van der Waals surface area contributed by atoms with E-state index in [1.54, 1.807) is 18.3 Å². The van der Waals surface area contributed by atoms with E-state index < -0.39 is 25.4 Å². The number of fused-ring (bicyclic) bond motifs is 1. The van der Waals surface area contributed by atoms with Gasteiger partial charge in [-0.2, -0.15) is 0 Å². The molecule has 1 aliphatic rings. The fourth-order valence-corrected chi connectivity index (χ4v) is 6.11. The maximum atomic E-state index is 13.4. The number of halogens is 2. The van der Waals surface area contributed by atoms with E-state index in [9.17, 15) is 18.1 Å². The van der Waals surface area contributed by atoms with E-state index in [2.05, 4.69) is 30.5 Å². The summed E-state index contributed by atoms with van der Waals surface area (Å²) in [5, 5.41) is 6.83. The van der Waals surface area contributed by atoms with Crippen molar-refractivity contribution in [2.75, 3.05) is 44.0 Å². The molecule has 240 valence electrons. The molecule has 0 unspecified atom stereocenters. The number of likely N-dealkylation sites (tertiary alicyclic amines) is 1. The molecule has 0 bridgehead atoms. The van der Waals surface area contributed by atoms with Crippen LogP contribution in [0.25, 0.3) is 10.9 Å². The topological polar surface area (TPSA) is 168 Å². The Hall–Kier alpha value is -3.79. The highest BCUT2D eigenvalue weighted by Gasteiger charge is 2.27. The normalized spacial score (nSPS) is 15.4. The van der Waals surface area contributed by atoms with Gasteiger partial charge in [-0.15, -0.1) is 11.3 Å². The Morgan fingerprint density at radius 1 is 1.16 bits per heavy atom. The van der Waals surface area contributed by atoms with Crippen molar-refractivity contribution in [1.29, 1.82) is 0 Å². The number of nitrogens with zero attached hydrogens (tertiary/aromatic N) is 4. The van der Waals surface area contributed by atoms with Crippen LogP contribution in [0.3, 0.4) is 0 Å². The van der Waals surface area contributed by atoms with Crippen molar-refractivity contribution in [2.45, 2.75) is 31.7 Å². The van der Waals surface area contributed by atoms with E-state index in [0.29, 0.717) is 57.8 Å². The molecule has 13 nitrogen and oxygen atoms in total. The van der Waals surface area contributed by atoms with Gasteiger partial charge in [0.1, 0.15) is 12.1 Å². The Balaban J connectivity index is 1.18. The summed E-state index contributed by atoms with van der Waals surface area (Å²) >= 11 is 1.24. The van der Waals surface area contributed by atoms with Crippen LogP contribution in [0.5, 0.6) is 11.5 Å². The van der Waals surface area contributed by atoms with Crippen LogP contribution in [-0.2, 0) is 20.3 Å². The molecule has 1 saturated heterocycles. The third kappa shape index (κ3) is 8.90. The summed E-state index contributed by atoms with van der Waals surface area (Å²) < 4.78 is 53.9. The average molecular weight is 665 g/mol. The van der Waals surface area contributed by atoms with Crippen LogP contribution in [0.15, 0.2) is 42.9 Å². The summed E-state index contributed by atoms with van der Waals surface area (Å²) in [6.07, 6.45) is 5.35. The molecule has 4 N–H and O–H groups in total. The number of aromatic nitrogens is 3. The summed E-state index contributed by atoms with van der Waals surface area (Å²) in [5.74, 6) is -1.01. The van der Waals surface area contributed by atoms with Gasteiger partial charge in [-0.25, -0.2) is 28.3 Å². The zero-order chi connectivity index (χ0) is 32.0. The second-order valence-electron chi connectivity index (χ2n) is 10.2. The van der Waals surface area contributed by atoms with Crippen molar-refractivity contribution < 1.29 is 41.9 Å². The second kappa shape index (κ2) is 14.5. The summed E-state index contributed by atoms with van der Waals surface area (Å²) in [7, 11) is -2.98. The number of hydrogen-bond acceptors (Lipinski definition) is 11. The van der Waals surface area contributed by atoms with Gasteiger partial charge in [-0.1, -0.05) is 0 Å². The molecule has 4 aromatic rings. The fourth-order valence-electron chi connectivity index (χ4n) is 4.93. The van der Waals surface area contributed by atoms with Crippen molar-refractivity contribution in [3.63, 3.8) is 0 Å². The summed E-state index contributed by atoms with van der Waals surface area (Å²) in [5.41, 5.74) is 0.748. The number of methoxy groups -OCH3 is 1. The molecule has 2 aromatic carbocycles. The quantitative estimate of drug-likeness (QED) is 0.109. The average Bonchev–Trinajstić information content (AvgIpc) is 3.64. The Morgan fingerprint density at radius 3 is 2.78 bits per heavy atom. The number of amides is 1. The van der Waals surface area contributed by atoms with Gasteiger partial charge in [-0.05, 0) is 44.0 Å². The van der Waals surface area contributed by atoms with Gasteiger partial charge >= 0.3 is 7.82 Å². The van der Waals surface area contributed by atoms with Gasteiger partial charge in [0, 0.05) is 46.9 Å². The summed E-state index contributed by atoms with van der Waals surface area (Å²) in [6.45, 7) is 1.87. The molecule has 1 amide bonds. The smallest absolute Gasteiger partial charge is 0.469 e. The maximum Gasteiger partial charge on any atom is 0.469 e. The lowest BCUT2D eigenvalue weighted by Crippen LogP contribution is -2.34. The van der Waals surface area contributed by atoms with Gasteiger partial charge in [0.25, 0.3) is 0 Å². The summed E-state index contributed by atoms with van der Waals surface area (Å²) in [4.78, 5) is 46.2. The van der Waals surface area contributed by atoms with Crippen molar-refractivity contribution in [3.05, 3.63) is 59.4 Å². The molecule has 1 atom stereocenters. The largest absolute Gasteiger partial charge is 0.493 e. The van der Waals surface area contributed by atoms with E-state index in [1.807, 2.05) is 0 Å². The monoisotopic (exact) mass is 664 g/mol. The number of rotatable bonds is 14. The fraction of sp³-hybridized carbons (Fsp3) is 0.357. The molecule has 0 spiro atoms. The number of nitrogens with one attached hydrogen (secondary N) is 2. The Bertz CT molecular complexity index is 1710. The minimum atomic E-state index is -4.50. The molecule has 17 heteroatoms. The van der Waals surface area contributed by atoms with Crippen LogP contribution in [-0.4, -0.2) is 75.0 Å². The van der Waals surface area contributed by atoms with Crippen LogP contribution >= 0.6 is 19.2 Å². The van der Waals surface area contributed by atoms with E-state index in [1.165, 1.54) is 30.8 Å². The van der Waals surface area contributed by atoms with Gasteiger partial charge < -0.3 is 29.9 Å². The maximum absolute atomic E-state index is 13.4. The van der Waals surface area contributed by atoms with Gasteiger partial charge in [0.2, 0.25) is 5.91 Å². The van der Waals surface area contributed by atoms with E-state index in [4.69, 9.17) is 23.8 Å². The molecule has 1 fully saturated rings. The number of anilines is 3. The third-order valence-electron chi connectivity index (χ3n) is 7.02. The molecular formula is C28H31F2N6O7PS. The van der Waals surface area contributed by atoms with E-state index >= 15 is 0 Å². The van der Waals surface area contributed by atoms with E-state index in [-0.39, 0.29) is 24.8 Å². The summed E-state index contributed by atoms with van der Waals surface area (Å²) in [6, 6.07) is 6.60. The predicted molar refractivity (Wildman–Crippen MR) is 163 cm³/mol. The first-order chi connectivity index (χ1) is 21.6. The minimum absolute atomic E-state index is 0.0167. The molecule has 0 saturated carbocycles. The number of benzene rings is 2. The Labute approximate surface area is 260 Å². The zero-order valence-electron chi connectivity index (χ0n) is 24.1. The highest BCUT2D eigenvalue weighted by atomic mass is 32.1. The molecule has 0 radical (unpaired) electrons. The van der Waals surface area contributed by atoms with Crippen LogP contribution in [0.2, 0.25) is 0 Å². The molecular weight excluding hydrogens is 633 g/mol. The number of thiazole rings is 1. The minimum Gasteiger partial charge on any atom is -0.493 e. The van der Waals surface area contributed by atoms with Gasteiger partial charge in [0.05, 0.1) is 32.3 Å². The Kier molecular flexibility index (Phi) is 10.5. The predicted octanol–water partition coefficient (Wildman–Crippen LogP) is 4.64. The second-order valence-corrected chi connectivity index (χ2v) is 12.5. The first-order valence-electron chi connectivity index (χ1n) is 13.9. The van der Waals surface area contributed by atoms with Crippen LogP contribution in [0, 0.1) is 11.6 Å². The lowest BCUT2D eigenvalue weighted by Gasteiger charge is -2.24. The van der Waals surface area contributed by atoms with Crippen molar-refractivity contribution in [1.82, 2.24) is 19.9 Å². The molecule has 0 aliphatic carbocycles. The Morgan fingerprint density at radius 2 is 2.00 bits per heavy atom. The highest BCUT2D eigenvalue weighted by Crippen LogP contribution is 2.37. The molecule has 45 heavy (non-hydrogen) atoms. The number of carbonyl (C=O) groups is 1. The lowest BCUT2D eigenvalue weighted by molar-refractivity contribution is -0.115. The first kappa shape index (κ1) is 32.6. The van der Waals surface area contributed by atoms with Crippen LogP contribution in [0.1, 0.15) is 24.1 Å². The number of phosphoric acid groups is 1. The SMILES string of the molecule is COc1cc2c(Nc3ncc(CC(=O)Nc4ccc(F)c(F)c4)s3)ncnc2cc1OCCCN1CCC[C@H]1COP(=O)(O)O. The van der Waals surface area contributed by atoms with Gasteiger partial charge in [-0.3, -0.25) is 14.2 Å². The number of phosphoric ester groups is 1. The standard InChI is InChI=1S/C28H31F2N6O7PS/c1-41-24-12-20-23(13-25(24)42-9-3-8-36-7-2-4-18(36)15-43-44(38,39)40)32-16-33-27(20)35-28-31-14-19(45-28)11-26(37)34-17-5-6-21(29)22(30)10-17/h5-6,10,12-14,16,18H,2-4,7-9,11,15H2,1H3,(H,34,37)(H2,38,39,40)(H,31,32,33,35)/t18-/m0/s1. The highest BCUT2D eigenvalue weighted by molar-refractivity contribution is 7.46. The number of ether oxygens (including phenoxy) is 2.